The molecule has 1 aliphatic rings. The number of amides is 1. The van der Waals surface area contributed by atoms with Crippen LogP contribution in [0.3, 0.4) is 0 Å². The van der Waals surface area contributed by atoms with Crippen molar-refractivity contribution in [3.8, 4) is 0 Å². The predicted octanol–water partition coefficient (Wildman–Crippen LogP) is 8.76. The minimum atomic E-state index is -5.01. The molecule has 12 heteroatoms. The van der Waals surface area contributed by atoms with Gasteiger partial charge in [-0.2, -0.15) is 31.4 Å². The number of rotatable bonds is 9. The molecule has 3 aromatic carbocycles. The smallest absolute Gasteiger partial charge is 0.368 e. The number of ether oxygens (including phenoxy) is 1. The van der Waals surface area contributed by atoms with Gasteiger partial charge in [0.2, 0.25) is 5.91 Å². The van der Waals surface area contributed by atoms with Crippen LogP contribution in [0.4, 0.5) is 30.7 Å². The maximum Gasteiger partial charge on any atom is 0.416 e. The Kier molecular flexibility index (Phi) is 9.81. The van der Waals surface area contributed by atoms with Gasteiger partial charge in [0.25, 0.3) is 0 Å². The molecule has 0 bridgehead atoms. The van der Waals surface area contributed by atoms with Crippen LogP contribution < -0.4 is 0 Å². The average molecular weight is 662 g/mol. The Balaban J connectivity index is 1.36. The number of carbonyl (C=O) groups excluding carboxylic acids is 1. The summed E-state index contributed by atoms with van der Waals surface area (Å²) in [5, 5.41) is 4.43. The number of hydrogen-bond donors (Lipinski definition) is 0. The SMILES string of the molecule is CC(CC(=O)N1C[C@H](O[C@H](C)c2cc(C(F)(F)F)cc(C(F)(F)F)c2)C(c2ccc(F)cc2)C1C)c1cnn(Cc2ccccc2)c1. The quantitative estimate of drug-likeness (QED) is 0.169. The van der Waals surface area contributed by atoms with E-state index in [4.69, 9.17) is 4.74 Å². The molecule has 47 heavy (non-hydrogen) atoms. The summed E-state index contributed by atoms with van der Waals surface area (Å²) in [6.07, 6.45) is -8.28. The maximum atomic E-state index is 13.8. The topological polar surface area (TPSA) is 47.4 Å². The summed E-state index contributed by atoms with van der Waals surface area (Å²) in [4.78, 5) is 15.3. The normalized spacial score (nSPS) is 20.0. The van der Waals surface area contributed by atoms with Gasteiger partial charge in [0.1, 0.15) is 5.82 Å². The molecule has 4 aromatic rings. The first kappa shape index (κ1) is 34.2. The lowest BCUT2D eigenvalue weighted by Crippen LogP contribution is -2.36. The molecule has 1 saturated heterocycles. The maximum absolute atomic E-state index is 13.8. The van der Waals surface area contributed by atoms with Gasteiger partial charge in [0.05, 0.1) is 36.1 Å². The van der Waals surface area contributed by atoms with E-state index in [1.54, 1.807) is 34.8 Å². The van der Waals surface area contributed by atoms with Crippen molar-refractivity contribution < 1.29 is 40.3 Å². The second-order valence-electron chi connectivity index (χ2n) is 12.1. The number of hydrogen-bond acceptors (Lipinski definition) is 3. The van der Waals surface area contributed by atoms with E-state index >= 15 is 0 Å². The van der Waals surface area contributed by atoms with Gasteiger partial charge in [-0.3, -0.25) is 9.48 Å². The fourth-order valence-electron chi connectivity index (χ4n) is 6.16. The minimum Gasteiger partial charge on any atom is -0.368 e. The van der Waals surface area contributed by atoms with Crippen molar-refractivity contribution in [3.05, 3.63) is 124 Å². The van der Waals surface area contributed by atoms with Gasteiger partial charge in [-0.05, 0) is 72.4 Å². The summed E-state index contributed by atoms with van der Waals surface area (Å²) < 4.78 is 103. The molecule has 1 aliphatic heterocycles. The number of halogens is 7. The van der Waals surface area contributed by atoms with E-state index < -0.39 is 53.5 Å². The van der Waals surface area contributed by atoms with Crippen molar-refractivity contribution in [3.63, 3.8) is 0 Å². The number of nitrogens with zero attached hydrogens (tertiary/aromatic N) is 3. The van der Waals surface area contributed by atoms with E-state index in [0.717, 1.165) is 11.1 Å². The van der Waals surface area contributed by atoms with Crippen LogP contribution in [-0.4, -0.2) is 39.3 Å². The molecule has 5 rings (SSSR count). The van der Waals surface area contributed by atoms with Gasteiger partial charge in [0, 0.05) is 31.1 Å². The largest absolute Gasteiger partial charge is 0.416 e. The lowest BCUT2D eigenvalue weighted by Gasteiger charge is -2.27. The highest BCUT2D eigenvalue weighted by atomic mass is 19.4. The van der Waals surface area contributed by atoms with Gasteiger partial charge in [-0.25, -0.2) is 4.39 Å². The Morgan fingerprint density at radius 3 is 2.13 bits per heavy atom. The molecule has 0 N–H and O–H groups in total. The standard InChI is InChI=1S/C35H34F7N3O2/c1-21(27-17-43-44(19-27)18-24-7-5-4-6-8-24)13-32(46)45-20-31(33(22(45)2)25-9-11-30(36)12-10-25)47-23(3)26-14-28(34(37,38)39)16-29(15-26)35(40,41)42/h4-12,14-17,19,21-23,31,33H,13,18,20H2,1-3H3/t21?,22?,23-,31+,33?/m1/s1. The molecule has 0 saturated carbocycles. The molecule has 5 nitrogen and oxygen atoms in total. The highest BCUT2D eigenvalue weighted by Gasteiger charge is 2.44. The Labute approximate surface area is 268 Å². The molecule has 250 valence electrons. The van der Waals surface area contributed by atoms with E-state index in [9.17, 15) is 35.5 Å². The zero-order valence-corrected chi connectivity index (χ0v) is 25.9. The van der Waals surface area contributed by atoms with Gasteiger partial charge >= 0.3 is 12.4 Å². The highest BCUT2D eigenvalue weighted by Crippen LogP contribution is 2.41. The summed E-state index contributed by atoms with van der Waals surface area (Å²) in [5.41, 5.74) is -0.618. The monoisotopic (exact) mass is 661 g/mol. The number of aromatic nitrogens is 2. The van der Waals surface area contributed by atoms with Crippen LogP contribution in [0.5, 0.6) is 0 Å². The molecule has 1 amide bonds. The molecule has 1 aromatic heterocycles. The van der Waals surface area contributed by atoms with Gasteiger partial charge in [-0.15, -0.1) is 0 Å². The molecule has 0 aliphatic carbocycles. The second-order valence-corrected chi connectivity index (χ2v) is 12.1. The summed E-state index contributed by atoms with van der Waals surface area (Å²) in [7, 11) is 0. The second kappa shape index (κ2) is 13.5. The zero-order chi connectivity index (χ0) is 34.1. The number of alkyl halides is 6. The summed E-state index contributed by atoms with van der Waals surface area (Å²) in [6, 6.07) is 16.3. The van der Waals surface area contributed by atoms with Crippen LogP contribution in [0.2, 0.25) is 0 Å². The number of benzene rings is 3. The molecule has 3 unspecified atom stereocenters. The predicted molar refractivity (Wildman–Crippen MR) is 161 cm³/mol. The molecule has 0 spiro atoms. The van der Waals surface area contributed by atoms with Crippen LogP contribution >= 0.6 is 0 Å². The Hall–Kier alpha value is -4.19. The molecular weight excluding hydrogens is 627 g/mol. The van der Waals surface area contributed by atoms with Gasteiger partial charge < -0.3 is 9.64 Å². The molecule has 0 radical (unpaired) electrons. The molecule has 2 heterocycles. The number of carbonyl (C=O) groups is 1. The van der Waals surface area contributed by atoms with Crippen molar-refractivity contribution in [2.45, 2.75) is 76.2 Å². The van der Waals surface area contributed by atoms with Crippen molar-refractivity contribution in [2.24, 2.45) is 0 Å². The zero-order valence-electron chi connectivity index (χ0n) is 25.9. The van der Waals surface area contributed by atoms with E-state index in [2.05, 4.69) is 5.10 Å². The third-order valence-electron chi connectivity index (χ3n) is 8.71. The fraction of sp³-hybridized carbons (Fsp3) is 0.371. The first-order valence-corrected chi connectivity index (χ1v) is 15.2. The van der Waals surface area contributed by atoms with Crippen LogP contribution in [-0.2, 0) is 28.4 Å². The van der Waals surface area contributed by atoms with Crippen molar-refractivity contribution in [2.75, 3.05) is 6.54 Å². The Bertz CT molecular complexity index is 1640. The van der Waals surface area contributed by atoms with Crippen LogP contribution in [0.1, 0.15) is 78.5 Å². The van der Waals surface area contributed by atoms with Gasteiger partial charge in [0.15, 0.2) is 0 Å². The van der Waals surface area contributed by atoms with Crippen molar-refractivity contribution >= 4 is 5.91 Å². The van der Waals surface area contributed by atoms with Crippen LogP contribution in [0.25, 0.3) is 0 Å². The lowest BCUT2D eigenvalue weighted by atomic mass is 9.90. The number of likely N-dealkylation sites (tertiary alicyclic amines) is 1. The highest BCUT2D eigenvalue weighted by molar-refractivity contribution is 5.78. The van der Waals surface area contributed by atoms with Gasteiger partial charge in [-0.1, -0.05) is 49.4 Å². The van der Waals surface area contributed by atoms with E-state index in [1.165, 1.54) is 19.1 Å². The minimum absolute atomic E-state index is 0.0391. The van der Waals surface area contributed by atoms with Crippen molar-refractivity contribution in [1.29, 1.82) is 0 Å². The molecular formula is C35H34F7N3O2. The molecule has 5 atom stereocenters. The fourth-order valence-corrected chi connectivity index (χ4v) is 6.16. The first-order valence-electron chi connectivity index (χ1n) is 15.2. The third kappa shape index (κ3) is 8.04. The molecule has 1 fully saturated rings. The van der Waals surface area contributed by atoms with E-state index in [-0.39, 0.29) is 36.4 Å². The third-order valence-corrected chi connectivity index (χ3v) is 8.71. The summed E-state index contributed by atoms with van der Waals surface area (Å²) in [6.45, 7) is 5.69. The van der Waals surface area contributed by atoms with Crippen LogP contribution in [0, 0.1) is 5.82 Å². The Morgan fingerprint density at radius 2 is 1.53 bits per heavy atom. The first-order chi connectivity index (χ1) is 22.1. The average Bonchev–Trinajstić information content (AvgIpc) is 3.61. The van der Waals surface area contributed by atoms with Crippen LogP contribution in [0.15, 0.2) is 85.2 Å². The summed E-state index contributed by atoms with van der Waals surface area (Å²) >= 11 is 0. The Morgan fingerprint density at radius 1 is 0.915 bits per heavy atom. The lowest BCUT2D eigenvalue weighted by molar-refractivity contribution is -0.143. The summed E-state index contributed by atoms with van der Waals surface area (Å²) in [5.74, 6) is -1.42. The van der Waals surface area contributed by atoms with E-state index in [1.807, 2.05) is 43.5 Å². The van der Waals surface area contributed by atoms with Crippen molar-refractivity contribution in [1.82, 2.24) is 14.7 Å². The van der Waals surface area contributed by atoms with E-state index in [0.29, 0.717) is 24.2 Å².